The second-order valence-electron chi connectivity index (χ2n) is 9.00. The first kappa shape index (κ1) is 26.0. The third-order valence-corrected chi connectivity index (χ3v) is 4.76. The maximum Gasteiger partial charge on any atom is 0.419 e. The van der Waals surface area contributed by atoms with E-state index >= 15 is 0 Å². The number of carbonyl (C=O) groups excluding carboxylic acids is 2. The molecule has 1 fully saturated rings. The Kier molecular flexibility index (Phi) is 7.66. The van der Waals surface area contributed by atoms with Gasteiger partial charge in [0, 0.05) is 36.7 Å². The van der Waals surface area contributed by atoms with Crippen LogP contribution in [0.4, 0.5) is 23.9 Å². The van der Waals surface area contributed by atoms with Crippen LogP contribution in [0.5, 0.6) is 5.88 Å². The van der Waals surface area contributed by atoms with E-state index in [2.05, 4.69) is 20.3 Å². The lowest BCUT2D eigenvalue weighted by molar-refractivity contribution is -0.158. The number of hydroxylamine groups is 2. The molecule has 0 aliphatic carbocycles. The normalized spacial score (nSPS) is 15.6. The molecular formula is C22H27F3N6O4. The molecular weight excluding hydrogens is 469 g/mol. The van der Waals surface area contributed by atoms with E-state index < -0.39 is 29.3 Å². The molecule has 3 heterocycles. The van der Waals surface area contributed by atoms with Crippen molar-refractivity contribution in [3.8, 4) is 5.88 Å². The van der Waals surface area contributed by atoms with Crippen molar-refractivity contribution >= 4 is 17.9 Å². The van der Waals surface area contributed by atoms with Gasteiger partial charge >= 0.3 is 12.3 Å². The van der Waals surface area contributed by atoms with Crippen LogP contribution in [0.25, 0.3) is 0 Å². The van der Waals surface area contributed by atoms with Gasteiger partial charge in [-0.25, -0.2) is 19.7 Å². The molecule has 2 amide bonds. The van der Waals surface area contributed by atoms with Gasteiger partial charge in [-0.3, -0.25) is 4.79 Å². The van der Waals surface area contributed by atoms with E-state index in [1.807, 2.05) is 0 Å². The summed E-state index contributed by atoms with van der Waals surface area (Å²) < 4.78 is 43.4. The molecule has 13 heteroatoms. The van der Waals surface area contributed by atoms with Gasteiger partial charge in [0.15, 0.2) is 0 Å². The number of rotatable bonds is 6. The van der Waals surface area contributed by atoms with E-state index in [9.17, 15) is 22.8 Å². The molecule has 0 spiro atoms. The van der Waals surface area contributed by atoms with Crippen molar-refractivity contribution in [1.82, 2.24) is 25.3 Å². The SMILES string of the molecule is CC(Cc1cccnc1ON1CCN(c2ncc(C(F)(F)F)cn2)CC1=O)NC(=O)OC(C)(C)C. The first-order chi connectivity index (χ1) is 16.3. The van der Waals surface area contributed by atoms with Crippen LogP contribution < -0.4 is 15.1 Å². The molecule has 2 aromatic heterocycles. The zero-order chi connectivity index (χ0) is 25.8. The average Bonchev–Trinajstić information content (AvgIpc) is 2.74. The number of pyridine rings is 1. The number of halogens is 3. The number of aromatic nitrogens is 3. The highest BCUT2D eigenvalue weighted by atomic mass is 19.4. The minimum atomic E-state index is -4.54. The van der Waals surface area contributed by atoms with Crippen LogP contribution in [0.3, 0.4) is 0 Å². The molecule has 1 saturated heterocycles. The highest BCUT2D eigenvalue weighted by Crippen LogP contribution is 2.28. The summed E-state index contributed by atoms with van der Waals surface area (Å²) in [6.45, 7) is 7.29. The number of amides is 2. The van der Waals surface area contributed by atoms with Gasteiger partial charge in [-0.2, -0.15) is 18.2 Å². The number of carbonyl (C=O) groups is 2. The van der Waals surface area contributed by atoms with E-state index in [1.165, 1.54) is 11.1 Å². The van der Waals surface area contributed by atoms with Crippen molar-refractivity contribution in [3.05, 3.63) is 41.9 Å². The number of alkyl halides is 3. The highest BCUT2D eigenvalue weighted by Gasteiger charge is 2.33. The van der Waals surface area contributed by atoms with E-state index in [1.54, 1.807) is 39.8 Å². The third-order valence-electron chi connectivity index (χ3n) is 4.76. The Hall–Kier alpha value is -3.64. The summed E-state index contributed by atoms with van der Waals surface area (Å²) in [7, 11) is 0. The van der Waals surface area contributed by atoms with Gasteiger partial charge in [0.1, 0.15) is 12.1 Å². The predicted molar refractivity (Wildman–Crippen MR) is 118 cm³/mol. The number of alkyl carbamates (subject to hydrolysis) is 1. The topological polar surface area (TPSA) is 110 Å². The Morgan fingerprint density at radius 3 is 2.46 bits per heavy atom. The van der Waals surface area contributed by atoms with Crippen LogP contribution in [-0.2, 0) is 22.1 Å². The number of nitrogens with zero attached hydrogens (tertiary/aromatic N) is 5. The molecule has 0 radical (unpaired) electrons. The average molecular weight is 496 g/mol. The van der Waals surface area contributed by atoms with Gasteiger partial charge in [0.05, 0.1) is 12.1 Å². The van der Waals surface area contributed by atoms with Crippen molar-refractivity contribution < 1.29 is 32.3 Å². The highest BCUT2D eigenvalue weighted by molar-refractivity contribution is 5.81. The first-order valence-electron chi connectivity index (χ1n) is 10.9. The lowest BCUT2D eigenvalue weighted by Gasteiger charge is -2.33. The predicted octanol–water partition coefficient (Wildman–Crippen LogP) is 2.99. The van der Waals surface area contributed by atoms with Gasteiger partial charge in [-0.1, -0.05) is 6.07 Å². The van der Waals surface area contributed by atoms with Gasteiger partial charge in [0.25, 0.3) is 5.91 Å². The number of hydrogen-bond acceptors (Lipinski definition) is 8. The van der Waals surface area contributed by atoms with Crippen molar-refractivity contribution in [2.45, 2.75) is 51.9 Å². The number of ether oxygens (including phenoxy) is 1. The minimum Gasteiger partial charge on any atom is -0.444 e. The fraction of sp³-hybridized carbons (Fsp3) is 0.500. The molecule has 1 aliphatic heterocycles. The van der Waals surface area contributed by atoms with Gasteiger partial charge in [-0.05, 0) is 40.2 Å². The molecule has 190 valence electrons. The monoisotopic (exact) mass is 496 g/mol. The van der Waals surface area contributed by atoms with E-state index in [0.29, 0.717) is 24.4 Å². The second kappa shape index (κ2) is 10.3. The zero-order valence-electron chi connectivity index (χ0n) is 19.8. The Labute approximate surface area is 200 Å². The number of nitrogens with one attached hydrogen (secondary N) is 1. The quantitative estimate of drug-likeness (QED) is 0.650. The Balaban J connectivity index is 1.60. The fourth-order valence-electron chi connectivity index (χ4n) is 3.21. The van der Waals surface area contributed by atoms with Crippen LogP contribution in [0.15, 0.2) is 30.7 Å². The molecule has 1 atom stereocenters. The van der Waals surface area contributed by atoms with Crippen LogP contribution in [0.2, 0.25) is 0 Å². The van der Waals surface area contributed by atoms with E-state index in [4.69, 9.17) is 9.57 Å². The summed E-state index contributed by atoms with van der Waals surface area (Å²) in [5, 5.41) is 3.88. The van der Waals surface area contributed by atoms with Crippen LogP contribution >= 0.6 is 0 Å². The van der Waals surface area contributed by atoms with E-state index in [-0.39, 0.29) is 37.5 Å². The summed E-state index contributed by atoms with van der Waals surface area (Å²) in [5.41, 5.74) is -0.926. The summed E-state index contributed by atoms with van der Waals surface area (Å²) >= 11 is 0. The van der Waals surface area contributed by atoms with Crippen molar-refractivity contribution in [3.63, 3.8) is 0 Å². The van der Waals surface area contributed by atoms with Crippen molar-refractivity contribution in [2.24, 2.45) is 0 Å². The summed E-state index contributed by atoms with van der Waals surface area (Å²) in [5.74, 6) is -0.208. The lowest BCUT2D eigenvalue weighted by atomic mass is 10.1. The molecule has 10 nitrogen and oxygen atoms in total. The molecule has 1 aliphatic rings. The zero-order valence-corrected chi connectivity index (χ0v) is 19.8. The molecule has 2 aromatic rings. The number of hydrogen-bond donors (Lipinski definition) is 1. The standard InChI is InChI=1S/C22H27F3N6O4/c1-14(29-20(33)34-21(2,3)4)10-15-6-5-7-26-18(15)35-31-9-8-30(13-17(31)32)19-27-11-16(12-28-19)22(23,24)25/h5-7,11-12,14H,8-10,13H2,1-4H3,(H,29,33). The second-order valence-corrected chi connectivity index (χ2v) is 9.00. The molecule has 1 N–H and O–H groups in total. The maximum absolute atomic E-state index is 12.7. The maximum atomic E-state index is 12.7. The van der Waals surface area contributed by atoms with Crippen molar-refractivity contribution in [2.75, 3.05) is 24.5 Å². The Morgan fingerprint density at radius 2 is 1.86 bits per heavy atom. The largest absolute Gasteiger partial charge is 0.444 e. The number of anilines is 1. The van der Waals surface area contributed by atoms with Gasteiger partial charge < -0.3 is 19.8 Å². The smallest absolute Gasteiger partial charge is 0.419 e. The summed E-state index contributed by atoms with van der Waals surface area (Å²) in [6, 6.07) is 3.18. The minimum absolute atomic E-state index is 0.0200. The molecule has 0 aromatic carbocycles. The van der Waals surface area contributed by atoms with Gasteiger partial charge in [0.2, 0.25) is 11.8 Å². The molecule has 0 bridgehead atoms. The van der Waals surface area contributed by atoms with E-state index in [0.717, 1.165) is 5.06 Å². The molecule has 0 saturated carbocycles. The van der Waals surface area contributed by atoms with Crippen LogP contribution in [-0.4, -0.2) is 63.3 Å². The lowest BCUT2D eigenvalue weighted by Crippen LogP contribution is -2.52. The van der Waals surface area contributed by atoms with Crippen molar-refractivity contribution in [1.29, 1.82) is 0 Å². The summed E-state index contributed by atoms with van der Waals surface area (Å²) in [6.07, 6.45) is -1.84. The van der Waals surface area contributed by atoms with Gasteiger partial charge in [-0.15, -0.1) is 0 Å². The molecule has 1 unspecified atom stereocenters. The third kappa shape index (κ3) is 7.42. The summed E-state index contributed by atoms with van der Waals surface area (Å²) in [4.78, 5) is 43.5. The van der Waals surface area contributed by atoms with Crippen LogP contribution in [0.1, 0.15) is 38.8 Å². The Morgan fingerprint density at radius 1 is 1.17 bits per heavy atom. The number of piperazine rings is 1. The molecule has 3 rings (SSSR count). The Bertz CT molecular complexity index is 1040. The first-order valence-corrected chi connectivity index (χ1v) is 10.9. The molecule has 35 heavy (non-hydrogen) atoms. The fourth-order valence-corrected chi connectivity index (χ4v) is 3.21. The van der Waals surface area contributed by atoms with Crippen LogP contribution in [0, 0.1) is 0 Å².